The van der Waals surface area contributed by atoms with Crippen LogP contribution in [0.4, 0.5) is 10.5 Å². The lowest BCUT2D eigenvalue weighted by molar-refractivity contribution is -0.386. The van der Waals surface area contributed by atoms with E-state index in [2.05, 4.69) is 15.4 Å². The number of nitrogens with zero attached hydrogens (tertiary/aromatic N) is 1. The molecule has 0 aromatic heterocycles. The van der Waals surface area contributed by atoms with Crippen LogP contribution in [0.3, 0.4) is 0 Å². The monoisotopic (exact) mass is 379 g/mol. The van der Waals surface area contributed by atoms with E-state index in [4.69, 9.17) is 4.74 Å². The molecule has 1 aliphatic carbocycles. The van der Waals surface area contributed by atoms with E-state index in [-0.39, 0.29) is 17.4 Å². The minimum absolute atomic E-state index is 0.0235. The van der Waals surface area contributed by atoms with Crippen LogP contribution in [-0.2, 0) is 9.53 Å². The first kappa shape index (κ1) is 20.1. The molecule has 27 heavy (non-hydrogen) atoms. The average molecular weight is 379 g/mol. The Morgan fingerprint density at radius 1 is 1.26 bits per heavy atom. The molecular weight excluding hydrogens is 358 g/mol. The number of methoxy groups -OCH3 is 1. The molecule has 1 aromatic carbocycles. The number of amides is 3. The smallest absolute Gasteiger partial charge is 0.338 e. The van der Waals surface area contributed by atoms with Crippen molar-refractivity contribution in [3.05, 3.63) is 33.9 Å². The normalized spacial score (nSPS) is 14.9. The molecule has 2 N–H and O–H groups in total. The van der Waals surface area contributed by atoms with E-state index in [1.54, 1.807) is 0 Å². The Morgan fingerprint density at radius 2 is 1.93 bits per heavy atom. The SMILES string of the molecule is COC(=O)c1ccc(O[C@@H](C)C(=O)NC(=O)NC2CCCC2)c([N+](=O)[O-])c1. The predicted molar refractivity (Wildman–Crippen MR) is 93.5 cm³/mol. The van der Waals surface area contributed by atoms with Crippen LogP contribution in [-0.4, -0.2) is 42.1 Å². The summed E-state index contributed by atoms with van der Waals surface area (Å²) < 4.78 is 9.84. The fourth-order valence-corrected chi connectivity index (χ4v) is 2.75. The zero-order chi connectivity index (χ0) is 20.0. The number of esters is 1. The fraction of sp³-hybridized carbons (Fsp3) is 0.471. The molecule has 146 valence electrons. The number of nitrogens with one attached hydrogen (secondary N) is 2. The van der Waals surface area contributed by atoms with Crippen LogP contribution in [0.25, 0.3) is 0 Å². The Kier molecular flexibility index (Phi) is 6.69. The molecule has 0 radical (unpaired) electrons. The van der Waals surface area contributed by atoms with Gasteiger partial charge in [0.25, 0.3) is 5.91 Å². The molecule has 1 aromatic rings. The number of benzene rings is 1. The second-order valence-corrected chi connectivity index (χ2v) is 6.14. The van der Waals surface area contributed by atoms with Crippen molar-refractivity contribution < 1.29 is 28.8 Å². The molecule has 0 heterocycles. The summed E-state index contributed by atoms with van der Waals surface area (Å²) in [5, 5.41) is 16.1. The van der Waals surface area contributed by atoms with Crippen LogP contribution in [0.2, 0.25) is 0 Å². The molecule has 0 bridgehead atoms. The molecule has 1 saturated carbocycles. The maximum atomic E-state index is 12.1. The van der Waals surface area contributed by atoms with Crippen molar-refractivity contribution in [3.63, 3.8) is 0 Å². The molecule has 1 aliphatic rings. The summed E-state index contributed by atoms with van der Waals surface area (Å²) in [5.74, 6) is -1.68. The van der Waals surface area contributed by atoms with Crippen molar-refractivity contribution >= 4 is 23.6 Å². The summed E-state index contributed by atoms with van der Waals surface area (Å²) in [4.78, 5) is 45.9. The standard InChI is InChI=1S/C17H21N3O7/c1-10(15(21)19-17(23)18-12-5-3-4-6-12)27-14-8-7-11(16(22)26-2)9-13(14)20(24)25/h7-10,12H,3-6H2,1-2H3,(H2,18,19,21,23)/t10-/m0/s1. The Labute approximate surface area is 155 Å². The largest absolute Gasteiger partial charge is 0.474 e. The third kappa shape index (κ3) is 5.40. The third-order valence-corrected chi connectivity index (χ3v) is 4.18. The third-order valence-electron chi connectivity index (χ3n) is 4.18. The molecule has 0 aliphatic heterocycles. The molecule has 1 fully saturated rings. The Bertz CT molecular complexity index is 744. The first-order chi connectivity index (χ1) is 12.8. The Morgan fingerprint density at radius 3 is 2.52 bits per heavy atom. The van der Waals surface area contributed by atoms with E-state index in [1.807, 2.05) is 0 Å². The number of rotatable bonds is 6. The molecular formula is C17H21N3O7. The number of ether oxygens (including phenoxy) is 2. The summed E-state index contributed by atoms with van der Waals surface area (Å²) >= 11 is 0. The lowest BCUT2D eigenvalue weighted by atomic mass is 10.2. The lowest BCUT2D eigenvalue weighted by Gasteiger charge is -2.16. The topological polar surface area (TPSA) is 137 Å². The van der Waals surface area contributed by atoms with Crippen LogP contribution in [0.15, 0.2) is 18.2 Å². The Hall–Kier alpha value is -3.17. The van der Waals surface area contributed by atoms with Crippen molar-refractivity contribution in [3.8, 4) is 5.75 Å². The van der Waals surface area contributed by atoms with Crippen molar-refractivity contribution in [2.75, 3.05) is 7.11 Å². The van der Waals surface area contributed by atoms with Crippen molar-refractivity contribution in [2.45, 2.75) is 44.8 Å². The minimum atomic E-state index is -1.16. The zero-order valence-electron chi connectivity index (χ0n) is 15.0. The van der Waals surface area contributed by atoms with Crippen molar-refractivity contribution in [1.29, 1.82) is 0 Å². The van der Waals surface area contributed by atoms with Crippen LogP contribution in [0, 0.1) is 10.1 Å². The van der Waals surface area contributed by atoms with E-state index in [0.717, 1.165) is 38.9 Å². The highest BCUT2D eigenvalue weighted by molar-refractivity contribution is 5.96. The maximum Gasteiger partial charge on any atom is 0.338 e. The van der Waals surface area contributed by atoms with Gasteiger partial charge in [0.15, 0.2) is 11.9 Å². The highest BCUT2D eigenvalue weighted by Crippen LogP contribution is 2.29. The van der Waals surface area contributed by atoms with Crippen molar-refractivity contribution in [1.82, 2.24) is 10.6 Å². The summed E-state index contributed by atoms with van der Waals surface area (Å²) in [6, 6.07) is 2.90. The number of carbonyl (C=O) groups excluding carboxylic acids is 3. The average Bonchev–Trinajstić information content (AvgIpc) is 3.13. The predicted octanol–water partition coefficient (Wildman–Crippen LogP) is 1.92. The van der Waals surface area contributed by atoms with Gasteiger partial charge in [-0.3, -0.25) is 20.2 Å². The van der Waals surface area contributed by atoms with Gasteiger partial charge in [-0.25, -0.2) is 9.59 Å². The van der Waals surface area contributed by atoms with Crippen LogP contribution < -0.4 is 15.4 Å². The maximum absolute atomic E-state index is 12.1. The fourth-order valence-electron chi connectivity index (χ4n) is 2.75. The van der Waals surface area contributed by atoms with Crippen LogP contribution in [0.1, 0.15) is 43.0 Å². The van der Waals surface area contributed by atoms with Gasteiger partial charge in [-0.1, -0.05) is 12.8 Å². The van der Waals surface area contributed by atoms with Gasteiger partial charge in [0.2, 0.25) is 0 Å². The van der Waals surface area contributed by atoms with E-state index >= 15 is 0 Å². The quantitative estimate of drug-likeness (QED) is 0.437. The number of carbonyl (C=O) groups is 3. The first-order valence-electron chi connectivity index (χ1n) is 8.46. The zero-order valence-corrected chi connectivity index (χ0v) is 15.0. The van der Waals surface area contributed by atoms with Gasteiger partial charge in [-0.05, 0) is 31.9 Å². The van der Waals surface area contributed by atoms with Gasteiger partial charge in [0.05, 0.1) is 17.6 Å². The van der Waals surface area contributed by atoms with E-state index < -0.39 is 34.6 Å². The first-order valence-corrected chi connectivity index (χ1v) is 8.46. The lowest BCUT2D eigenvalue weighted by Crippen LogP contribution is -2.47. The van der Waals surface area contributed by atoms with Gasteiger partial charge in [0.1, 0.15) is 0 Å². The molecule has 3 amide bonds. The summed E-state index contributed by atoms with van der Waals surface area (Å²) in [6.45, 7) is 1.36. The second kappa shape index (κ2) is 8.97. The molecule has 10 heteroatoms. The molecule has 0 unspecified atom stereocenters. The highest BCUT2D eigenvalue weighted by atomic mass is 16.6. The summed E-state index contributed by atoms with van der Waals surface area (Å²) in [5.41, 5.74) is -0.516. The van der Waals surface area contributed by atoms with Gasteiger partial charge in [-0.15, -0.1) is 0 Å². The van der Waals surface area contributed by atoms with Crippen LogP contribution >= 0.6 is 0 Å². The van der Waals surface area contributed by atoms with E-state index in [9.17, 15) is 24.5 Å². The van der Waals surface area contributed by atoms with Gasteiger partial charge in [-0.2, -0.15) is 0 Å². The van der Waals surface area contributed by atoms with E-state index in [0.29, 0.717) is 0 Å². The highest BCUT2D eigenvalue weighted by Gasteiger charge is 2.25. The number of hydrogen-bond acceptors (Lipinski definition) is 7. The second-order valence-electron chi connectivity index (χ2n) is 6.14. The van der Waals surface area contributed by atoms with Gasteiger partial charge in [0, 0.05) is 12.1 Å². The van der Waals surface area contributed by atoms with Gasteiger partial charge < -0.3 is 14.8 Å². The Balaban J connectivity index is 2.01. The number of nitro benzene ring substituents is 1. The molecule has 1 atom stereocenters. The molecule has 0 saturated heterocycles. The van der Waals surface area contributed by atoms with Gasteiger partial charge >= 0.3 is 17.7 Å². The molecule has 0 spiro atoms. The summed E-state index contributed by atoms with van der Waals surface area (Å²) in [7, 11) is 1.15. The number of imide groups is 1. The van der Waals surface area contributed by atoms with E-state index in [1.165, 1.54) is 19.1 Å². The number of nitro groups is 1. The molecule has 2 rings (SSSR count). The molecule has 10 nitrogen and oxygen atoms in total. The van der Waals surface area contributed by atoms with Crippen molar-refractivity contribution in [2.24, 2.45) is 0 Å². The number of hydrogen-bond donors (Lipinski definition) is 2. The number of urea groups is 1. The minimum Gasteiger partial charge on any atom is -0.474 e. The van der Waals surface area contributed by atoms with Crippen LogP contribution in [0.5, 0.6) is 5.75 Å². The summed E-state index contributed by atoms with van der Waals surface area (Å²) in [6.07, 6.45) is 2.63.